The Bertz CT molecular complexity index is 1530. The molecule has 1 aliphatic heterocycles. The van der Waals surface area contributed by atoms with E-state index >= 15 is 0 Å². The minimum absolute atomic E-state index is 0.0261. The first kappa shape index (κ1) is 22.1. The molecule has 3 fully saturated rings. The van der Waals surface area contributed by atoms with Crippen molar-refractivity contribution in [1.29, 1.82) is 5.26 Å². The number of hydrogen-bond acceptors (Lipinski definition) is 6. The number of fused-ring (bicyclic) bond motifs is 1. The van der Waals surface area contributed by atoms with Crippen LogP contribution in [0.2, 0.25) is 0 Å². The minimum atomic E-state index is 0.0261. The molecule has 37 heavy (non-hydrogen) atoms. The van der Waals surface area contributed by atoms with Crippen molar-refractivity contribution in [2.24, 2.45) is 5.92 Å². The third kappa shape index (κ3) is 3.93. The van der Waals surface area contributed by atoms with Crippen LogP contribution in [0.1, 0.15) is 53.2 Å². The molecule has 3 aromatic heterocycles. The summed E-state index contributed by atoms with van der Waals surface area (Å²) >= 11 is 0. The van der Waals surface area contributed by atoms with E-state index in [0.717, 1.165) is 59.1 Å². The third-order valence-corrected chi connectivity index (χ3v) is 8.00. The van der Waals surface area contributed by atoms with Gasteiger partial charge in [-0.05, 0) is 60.7 Å². The summed E-state index contributed by atoms with van der Waals surface area (Å²) < 4.78 is 5.17. The van der Waals surface area contributed by atoms with E-state index < -0.39 is 0 Å². The van der Waals surface area contributed by atoms with E-state index in [1.807, 2.05) is 35.5 Å². The highest BCUT2D eigenvalue weighted by Gasteiger charge is 2.42. The van der Waals surface area contributed by atoms with Gasteiger partial charge in [0.1, 0.15) is 18.2 Å². The Morgan fingerprint density at radius 1 is 1.08 bits per heavy atom. The van der Waals surface area contributed by atoms with Gasteiger partial charge in [0.15, 0.2) is 0 Å². The quantitative estimate of drug-likeness (QED) is 0.374. The molecule has 4 aromatic rings. The molecule has 184 valence electrons. The van der Waals surface area contributed by atoms with Crippen LogP contribution in [0.5, 0.6) is 0 Å². The monoisotopic (exact) mass is 489 g/mol. The van der Waals surface area contributed by atoms with Crippen LogP contribution in [0.25, 0.3) is 21.9 Å². The van der Waals surface area contributed by atoms with E-state index in [-0.39, 0.29) is 11.9 Å². The zero-order valence-electron chi connectivity index (χ0n) is 20.5. The van der Waals surface area contributed by atoms with Gasteiger partial charge in [0, 0.05) is 48.9 Å². The fraction of sp³-hybridized carbons (Fsp3) is 0.333. The van der Waals surface area contributed by atoms with Crippen molar-refractivity contribution in [2.75, 3.05) is 24.5 Å². The molecule has 7 heteroatoms. The molecule has 2 aliphatic carbocycles. The van der Waals surface area contributed by atoms with Crippen molar-refractivity contribution in [3.8, 4) is 17.2 Å². The van der Waals surface area contributed by atoms with Crippen LogP contribution in [0.3, 0.4) is 0 Å². The van der Waals surface area contributed by atoms with Crippen LogP contribution in [0.4, 0.5) is 5.82 Å². The average Bonchev–Trinajstić information content (AvgIpc) is 3.89. The largest absolute Gasteiger partial charge is 0.472 e. The van der Waals surface area contributed by atoms with Crippen molar-refractivity contribution in [2.45, 2.75) is 37.6 Å². The lowest BCUT2D eigenvalue weighted by Crippen LogP contribution is -2.56. The number of carbonyl (C=O) groups excluding carboxylic acids is 1. The summed E-state index contributed by atoms with van der Waals surface area (Å²) in [5.41, 5.74) is 4.42. The number of nitriles is 1. The lowest BCUT2D eigenvalue weighted by atomic mass is 9.95. The zero-order valence-corrected chi connectivity index (χ0v) is 20.5. The summed E-state index contributed by atoms with van der Waals surface area (Å²) in [7, 11) is 0. The maximum Gasteiger partial charge on any atom is 0.257 e. The Hall–Kier alpha value is -4.18. The van der Waals surface area contributed by atoms with E-state index in [0.29, 0.717) is 42.6 Å². The minimum Gasteiger partial charge on any atom is -0.472 e. The normalized spacial score (nSPS) is 19.7. The van der Waals surface area contributed by atoms with Crippen LogP contribution >= 0.6 is 0 Å². The Morgan fingerprint density at radius 2 is 1.97 bits per heavy atom. The van der Waals surface area contributed by atoms with Crippen molar-refractivity contribution in [1.82, 2.24) is 14.9 Å². The number of rotatable bonds is 5. The zero-order chi connectivity index (χ0) is 24.9. The second kappa shape index (κ2) is 8.74. The van der Waals surface area contributed by atoms with Crippen LogP contribution in [0.15, 0.2) is 65.7 Å². The highest BCUT2D eigenvalue weighted by atomic mass is 16.3. The van der Waals surface area contributed by atoms with E-state index in [2.05, 4.69) is 28.1 Å². The summed E-state index contributed by atoms with van der Waals surface area (Å²) in [5, 5.41) is 12.4. The number of benzene rings is 1. The molecule has 1 aromatic carbocycles. The number of nitrogens with zero attached hydrogens (tertiary/aromatic N) is 5. The van der Waals surface area contributed by atoms with Gasteiger partial charge in [-0.1, -0.05) is 18.2 Å². The first-order valence-corrected chi connectivity index (χ1v) is 13.1. The first-order chi connectivity index (χ1) is 18.2. The van der Waals surface area contributed by atoms with Gasteiger partial charge in [-0.3, -0.25) is 9.78 Å². The third-order valence-electron chi connectivity index (χ3n) is 8.00. The molecular formula is C30H27N5O2. The van der Waals surface area contributed by atoms with Gasteiger partial charge >= 0.3 is 0 Å². The second-order valence-corrected chi connectivity index (χ2v) is 10.4. The predicted molar refractivity (Wildman–Crippen MR) is 140 cm³/mol. The summed E-state index contributed by atoms with van der Waals surface area (Å²) in [5.74, 6) is 1.70. The molecule has 3 aliphatic rings. The molecule has 1 unspecified atom stereocenters. The number of anilines is 1. The number of amides is 1. The van der Waals surface area contributed by atoms with Gasteiger partial charge in [-0.2, -0.15) is 5.26 Å². The highest BCUT2D eigenvalue weighted by molar-refractivity contribution is 5.97. The van der Waals surface area contributed by atoms with E-state index in [1.165, 1.54) is 6.26 Å². The molecule has 2 saturated carbocycles. The van der Waals surface area contributed by atoms with Gasteiger partial charge in [-0.25, -0.2) is 4.98 Å². The molecular weight excluding hydrogens is 462 g/mol. The van der Waals surface area contributed by atoms with E-state index in [1.54, 1.807) is 12.3 Å². The Balaban J connectivity index is 1.27. The molecule has 4 heterocycles. The molecule has 0 spiro atoms. The van der Waals surface area contributed by atoms with Crippen LogP contribution in [-0.4, -0.2) is 46.5 Å². The fourth-order valence-corrected chi connectivity index (χ4v) is 5.77. The smallest absolute Gasteiger partial charge is 0.257 e. The molecule has 7 rings (SSSR count). The topological polar surface area (TPSA) is 86.3 Å². The number of pyridine rings is 2. The SMILES string of the molecule is N#Cc1cc(-c2cccc3cnccc23)c(C2CC2)nc1N1CCN(C(=O)c2ccoc2)C(C2CC2)C1. The summed E-state index contributed by atoms with van der Waals surface area (Å²) in [6.45, 7) is 1.95. The lowest BCUT2D eigenvalue weighted by Gasteiger charge is -2.42. The van der Waals surface area contributed by atoms with Crippen molar-refractivity contribution in [3.63, 3.8) is 0 Å². The van der Waals surface area contributed by atoms with Crippen molar-refractivity contribution in [3.05, 3.63) is 78.1 Å². The number of furan rings is 1. The number of hydrogen-bond donors (Lipinski definition) is 0. The highest BCUT2D eigenvalue weighted by Crippen LogP contribution is 2.46. The Kier molecular flexibility index (Phi) is 5.21. The van der Waals surface area contributed by atoms with Crippen molar-refractivity contribution >= 4 is 22.5 Å². The Labute approximate surface area is 215 Å². The summed E-state index contributed by atoms with van der Waals surface area (Å²) in [6, 6.07) is 14.6. The number of aromatic nitrogens is 2. The molecule has 7 nitrogen and oxygen atoms in total. The van der Waals surface area contributed by atoms with Gasteiger partial charge in [0.25, 0.3) is 5.91 Å². The maximum atomic E-state index is 13.2. The second-order valence-electron chi connectivity index (χ2n) is 10.4. The number of carbonyl (C=O) groups is 1. The maximum absolute atomic E-state index is 13.2. The molecule has 1 saturated heterocycles. The summed E-state index contributed by atoms with van der Waals surface area (Å²) in [4.78, 5) is 26.9. The van der Waals surface area contributed by atoms with Gasteiger partial charge in [0.05, 0.1) is 29.1 Å². The lowest BCUT2D eigenvalue weighted by molar-refractivity contribution is 0.0630. The molecule has 0 bridgehead atoms. The standard InChI is InChI=1S/C30H27N5O2/c31-15-23-14-26(25-3-1-2-21-16-32-10-8-24(21)25)28(20-6-7-20)33-29(23)34-11-12-35(27(17-34)19-4-5-19)30(36)22-9-13-37-18-22/h1-3,8-10,13-14,16,18-20,27H,4-7,11-12,17H2. The van der Waals surface area contributed by atoms with E-state index in [9.17, 15) is 10.1 Å². The van der Waals surface area contributed by atoms with Gasteiger partial charge < -0.3 is 14.2 Å². The van der Waals surface area contributed by atoms with Gasteiger partial charge in [-0.15, -0.1) is 0 Å². The summed E-state index contributed by atoms with van der Waals surface area (Å²) in [6.07, 6.45) is 11.3. The first-order valence-electron chi connectivity index (χ1n) is 13.1. The van der Waals surface area contributed by atoms with Crippen LogP contribution in [0, 0.1) is 17.2 Å². The fourth-order valence-electron chi connectivity index (χ4n) is 5.77. The molecule has 1 amide bonds. The molecule has 0 radical (unpaired) electrons. The average molecular weight is 490 g/mol. The van der Waals surface area contributed by atoms with E-state index in [4.69, 9.17) is 9.40 Å². The van der Waals surface area contributed by atoms with Crippen LogP contribution < -0.4 is 4.90 Å². The van der Waals surface area contributed by atoms with Crippen molar-refractivity contribution < 1.29 is 9.21 Å². The van der Waals surface area contributed by atoms with Crippen LogP contribution in [-0.2, 0) is 0 Å². The Morgan fingerprint density at radius 3 is 2.73 bits per heavy atom. The molecule has 0 N–H and O–H groups in total. The predicted octanol–water partition coefficient (Wildman–Crippen LogP) is 5.38. The van der Waals surface area contributed by atoms with Gasteiger partial charge in [0.2, 0.25) is 0 Å². The number of piperazine rings is 1. The molecule has 1 atom stereocenters.